The monoisotopic (exact) mass is 282 g/mol. The van der Waals surface area contributed by atoms with Gasteiger partial charge in [-0.2, -0.15) is 0 Å². The van der Waals surface area contributed by atoms with Crippen LogP contribution in [0.25, 0.3) is 0 Å². The summed E-state index contributed by atoms with van der Waals surface area (Å²) in [6, 6.07) is 0. The molecule has 0 bridgehead atoms. The van der Waals surface area contributed by atoms with Gasteiger partial charge in [0.1, 0.15) is 0 Å². The Morgan fingerprint density at radius 2 is 2.21 bits per heavy atom. The van der Waals surface area contributed by atoms with E-state index in [1.54, 1.807) is 0 Å². The number of carbonyl (C=O) groups is 1. The van der Waals surface area contributed by atoms with Crippen LogP contribution in [0.15, 0.2) is 5.38 Å². The van der Waals surface area contributed by atoms with Gasteiger partial charge in [0, 0.05) is 24.9 Å². The van der Waals surface area contributed by atoms with Crippen molar-refractivity contribution in [3.63, 3.8) is 0 Å². The summed E-state index contributed by atoms with van der Waals surface area (Å²) in [6.45, 7) is 3.93. The highest BCUT2D eigenvalue weighted by atomic mass is 32.1. The summed E-state index contributed by atoms with van der Waals surface area (Å²) in [5.74, 6) is 0.0215. The van der Waals surface area contributed by atoms with Gasteiger partial charge in [0.25, 0.3) is 0 Å². The van der Waals surface area contributed by atoms with Gasteiger partial charge in [0.2, 0.25) is 5.91 Å². The zero-order valence-corrected chi connectivity index (χ0v) is 12.3. The van der Waals surface area contributed by atoms with E-state index < -0.39 is 0 Å². The number of rotatable bonds is 6. The summed E-state index contributed by atoms with van der Waals surface area (Å²) in [4.78, 5) is 18.5. The van der Waals surface area contributed by atoms with Gasteiger partial charge in [0.15, 0.2) is 5.13 Å². The molecule has 1 amide bonds. The molecule has 2 N–H and O–H groups in total. The van der Waals surface area contributed by atoms with Crippen molar-refractivity contribution >= 4 is 22.4 Å². The molecule has 1 aromatic rings. The molecule has 6 heteroatoms. The summed E-state index contributed by atoms with van der Waals surface area (Å²) in [7, 11) is 1.84. The van der Waals surface area contributed by atoms with Crippen LogP contribution in [0.5, 0.6) is 0 Å². The molecule has 19 heavy (non-hydrogen) atoms. The predicted octanol–water partition coefficient (Wildman–Crippen LogP) is 1.68. The van der Waals surface area contributed by atoms with Crippen LogP contribution >= 0.6 is 11.3 Å². The highest BCUT2D eigenvalue weighted by Gasteiger charge is 2.13. The maximum Gasteiger partial charge on any atom is 0.227 e. The van der Waals surface area contributed by atoms with Gasteiger partial charge in [-0.25, -0.2) is 4.98 Å². The molecule has 1 aromatic heterocycles. The predicted molar refractivity (Wildman–Crippen MR) is 78.4 cm³/mol. The molecule has 0 saturated carbocycles. The van der Waals surface area contributed by atoms with E-state index in [9.17, 15) is 4.79 Å². The van der Waals surface area contributed by atoms with Crippen molar-refractivity contribution in [2.24, 2.45) is 0 Å². The van der Waals surface area contributed by atoms with Crippen LogP contribution in [-0.4, -0.2) is 42.5 Å². The highest BCUT2D eigenvalue weighted by Crippen LogP contribution is 2.18. The molecule has 1 aliphatic heterocycles. The summed E-state index contributed by atoms with van der Waals surface area (Å²) >= 11 is 1.51. The molecular formula is C13H22N4OS. The lowest BCUT2D eigenvalue weighted by atomic mass is 10.1. The van der Waals surface area contributed by atoms with Gasteiger partial charge in [-0.05, 0) is 33.0 Å². The van der Waals surface area contributed by atoms with E-state index >= 15 is 0 Å². The molecule has 5 nitrogen and oxygen atoms in total. The molecule has 1 aliphatic rings. The summed E-state index contributed by atoms with van der Waals surface area (Å²) in [5, 5.41) is 8.56. The molecule has 0 atom stereocenters. The van der Waals surface area contributed by atoms with Gasteiger partial charge < -0.3 is 10.6 Å². The minimum Gasteiger partial charge on any atom is -0.319 e. The van der Waals surface area contributed by atoms with Crippen molar-refractivity contribution < 1.29 is 4.79 Å². The third-order valence-electron chi connectivity index (χ3n) is 3.23. The Bertz CT molecular complexity index is 401. The largest absolute Gasteiger partial charge is 0.319 e. The number of amides is 1. The van der Waals surface area contributed by atoms with Crippen molar-refractivity contribution in [1.29, 1.82) is 0 Å². The fourth-order valence-electron chi connectivity index (χ4n) is 2.20. The third-order valence-corrected chi connectivity index (χ3v) is 4.04. The molecule has 1 fully saturated rings. The summed E-state index contributed by atoms with van der Waals surface area (Å²) in [5.41, 5.74) is 1.07. The van der Waals surface area contributed by atoms with Crippen LogP contribution in [0.3, 0.4) is 0 Å². The minimum absolute atomic E-state index is 0.0215. The molecular weight excluding hydrogens is 260 g/mol. The Morgan fingerprint density at radius 1 is 1.42 bits per heavy atom. The standard InChI is InChI=1S/C13H22N4OS/c1-14-6-5-12(18)16-13-15-11(10-19-13)9-17-7-3-2-4-8-17/h10,14H,2-9H2,1H3,(H,15,16,18). The first kappa shape index (κ1) is 14.4. The van der Waals surface area contributed by atoms with Crippen LogP contribution in [0.1, 0.15) is 31.4 Å². The smallest absolute Gasteiger partial charge is 0.227 e. The van der Waals surface area contributed by atoms with Crippen molar-refractivity contribution in [3.05, 3.63) is 11.1 Å². The van der Waals surface area contributed by atoms with Crippen molar-refractivity contribution in [2.45, 2.75) is 32.2 Å². The van der Waals surface area contributed by atoms with Gasteiger partial charge in [0.05, 0.1) is 5.69 Å². The van der Waals surface area contributed by atoms with Gasteiger partial charge >= 0.3 is 0 Å². The van der Waals surface area contributed by atoms with E-state index in [4.69, 9.17) is 0 Å². The fourth-order valence-corrected chi connectivity index (χ4v) is 2.92. The Kier molecular flexibility index (Phi) is 5.75. The van der Waals surface area contributed by atoms with Gasteiger partial charge in [-0.3, -0.25) is 9.69 Å². The van der Waals surface area contributed by atoms with E-state index in [1.165, 1.54) is 43.7 Å². The molecule has 0 aliphatic carbocycles. The number of hydrogen-bond donors (Lipinski definition) is 2. The topological polar surface area (TPSA) is 57.3 Å². The molecule has 106 valence electrons. The lowest BCUT2D eigenvalue weighted by molar-refractivity contribution is -0.116. The number of hydrogen-bond acceptors (Lipinski definition) is 5. The van der Waals surface area contributed by atoms with Crippen molar-refractivity contribution in [1.82, 2.24) is 15.2 Å². The highest BCUT2D eigenvalue weighted by molar-refractivity contribution is 7.13. The number of nitrogens with one attached hydrogen (secondary N) is 2. The second-order valence-corrected chi connectivity index (χ2v) is 5.74. The van der Waals surface area contributed by atoms with Crippen molar-refractivity contribution in [3.8, 4) is 0 Å². The normalized spacial score (nSPS) is 16.5. The van der Waals surface area contributed by atoms with Crippen LogP contribution in [0, 0.1) is 0 Å². The Morgan fingerprint density at radius 3 is 2.95 bits per heavy atom. The average molecular weight is 282 g/mol. The SMILES string of the molecule is CNCCC(=O)Nc1nc(CN2CCCCC2)cs1. The first-order valence-corrected chi connectivity index (χ1v) is 7.77. The quantitative estimate of drug-likeness (QED) is 0.833. The second-order valence-electron chi connectivity index (χ2n) is 4.88. The number of anilines is 1. The first-order valence-electron chi connectivity index (χ1n) is 6.89. The molecule has 0 aromatic carbocycles. The zero-order valence-electron chi connectivity index (χ0n) is 11.4. The van der Waals surface area contributed by atoms with E-state index in [1.807, 2.05) is 12.4 Å². The maximum atomic E-state index is 11.6. The van der Waals surface area contributed by atoms with E-state index in [0.717, 1.165) is 12.2 Å². The van der Waals surface area contributed by atoms with Crippen LogP contribution in [0.2, 0.25) is 0 Å². The Balaban J connectivity index is 1.79. The number of piperidine rings is 1. The number of aromatic nitrogens is 1. The number of likely N-dealkylation sites (tertiary alicyclic amines) is 1. The third kappa shape index (κ3) is 4.89. The second kappa shape index (κ2) is 7.57. The number of nitrogens with zero attached hydrogens (tertiary/aromatic N) is 2. The summed E-state index contributed by atoms with van der Waals surface area (Å²) in [6.07, 6.45) is 4.41. The molecule has 2 heterocycles. The maximum absolute atomic E-state index is 11.6. The molecule has 0 radical (unpaired) electrons. The molecule has 0 unspecified atom stereocenters. The average Bonchev–Trinajstić information content (AvgIpc) is 2.85. The lowest BCUT2D eigenvalue weighted by Gasteiger charge is -2.25. The summed E-state index contributed by atoms with van der Waals surface area (Å²) < 4.78 is 0. The Labute approximate surface area is 118 Å². The van der Waals surface area contributed by atoms with Gasteiger partial charge in [-0.1, -0.05) is 6.42 Å². The van der Waals surface area contributed by atoms with Crippen molar-refractivity contribution in [2.75, 3.05) is 32.0 Å². The first-order chi connectivity index (χ1) is 9.28. The molecule has 0 spiro atoms. The number of thiazole rings is 1. The Hall–Kier alpha value is -0.980. The van der Waals surface area contributed by atoms with E-state index in [-0.39, 0.29) is 5.91 Å². The van der Waals surface area contributed by atoms with Crippen LogP contribution in [-0.2, 0) is 11.3 Å². The zero-order chi connectivity index (χ0) is 13.5. The van der Waals surface area contributed by atoms with E-state index in [2.05, 4.69) is 20.5 Å². The van der Waals surface area contributed by atoms with Gasteiger partial charge in [-0.15, -0.1) is 11.3 Å². The van der Waals surface area contributed by atoms with Crippen LogP contribution < -0.4 is 10.6 Å². The van der Waals surface area contributed by atoms with Crippen LogP contribution in [0.4, 0.5) is 5.13 Å². The van der Waals surface area contributed by atoms with E-state index in [0.29, 0.717) is 18.1 Å². The lowest BCUT2D eigenvalue weighted by Crippen LogP contribution is -2.29. The number of carbonyl (C=O) groups excluding carboxylic acids is 1. The molecule has 2 rings (SSSR count). The minimum atomic E-state index is 0.0215. The molecule has 1 saturated heterocycles. The fraction of sp³-hybridized carbons (Fsp3) is 0.692.